The average molecular weight is 353 g/mol. The number of ether oxygens (including phenoxy) is 1. The van der Waals surface area contributed by atoms with E-state index in [0.717, 1.165) is 11.1 Å². The van der Waals surface area contributed by atoms with E-state index in [0.29, 0.717) is 5.75 Å². The Morgan fingerprint density at radius 3 is 2.33 bits per heavy atom. The topological polar surface area (TPSA) is 111 Å². The highest BCUT2D eigenvalue weighted by Gasteiger charge is 2.24. The SMILES string of the molecule is Cc1cc(C)cc(OCC(=O)NNS(=O)(=O)c2c(C)noc2C)c1. The van der Waals surface area contributed by atoms with Gasteiger partial charge in [0, 0.05) is 0 Å². The van der Waals surface area contributed by atoms with Crippen LogP contribution in [0.25, 0.3) is 0 Å². The molecule has 2 aromatic rings. The van der Waals surface area contributed by atoms with Crippen molar-refractivity contribution in [1.29, 1.82) is 0 Å². The van der Waals surface area contributed by atoms with Crippen LogP contribution in [-0.4, -0.2) is 26.1 Å². The van der Waals surface area contributed by atoms with Gasteiger partial charge in [-0.1, -0.05) is 11.2 Å². The minimum atomic E-state index is -3.96. The molecule has 130 valence electrons. The molecule has 0 atom stereocenters. The number of carbonyl (C=O) groups excluding carboxylic acids is 1. The second-order valence-electron chi connectivity index (χ2n) is 5.42. The second kappa shape index (κ2) is 7.02. The predicted molar refractivity (Wildman–Crippen MR) is 85.9 cm³/mol. The van der Waals surface area contributed by atoms with Crippen molar-refractivity contribution in [2.24, 2.45) is 0 Å². The fourth-order valence-corrected chi connectivity index (χ4v) is 3.43. The van der Waals surface area contributed by atoms with E-state index in [-0.39, 0.29) is 23.0 Å². The normalized spacial score (nSPS) is 11.3. The molecule has 0 radical (unpaired) electrons. The maximum Gasteiger partial charge on any atom is 0.272 e. The van der Waals surface area contributed by atoms with Gasteiger partial charge in [-0.2, -0.15) is 0 Å². The van der Waals surface area contributed by atoms with Gasteiger partial charge in [0.2, 0.25) is 0 Å². The number of nitrogens with zero attached hydrogens (tertiary/aromatic N) is 1. The standard InChI is InChI=1S/C15H19N3O5S/c1-9-5-10(2)7-13(6-9)22-8-14(19)16-18-24(20,21)15-11(3)17-23-12(15)4/h5-7,18H,8H2,1-4H3,(H,16,19). The van der Waals surface area contributed by atoms with E-state index in [2.05, 4.69) is 10.6 Å². The zero-order valence-electron chi connectivity index (χ0n) is 13.8. The van der Waals surface area contributed by atoms with E-state index < -0.39 is 15.9 Å². The number of hydrogen-bond donors (Lipinski definition) is 2. The molecule has 0 fully saturated rings. The smallest absolute Gasteiger partial charge is 0.272 e. The predicted octanol–water partition coefficient (Wildman–Crippen LogP) is 1.30. The fourth-order valence-electron chi connectivity index (χ4n) is 2.23. The van der Waals surface area contributed by atoms with Crippen LogP contribution in [0, 0.1) is 27.7 Å². The Morgan fingerprint density at radius 1 is 1.17 bits per heavy atom. The number of aromatic nitrogens is 1. The Kier molecular flexibility index (Phi) is 5.25. The maximum absolute atomic E-state index is 12.1. The number of nitrogens with one attached hydrogen (secondary N) is 2. The Bertz CT molecular complexity index is 818. The summed E-state index contributed by atoms with van der Waals surface area (Å²) < 4.78 is 34.4. The molecule has 0 aliphatic carbocycles. The number of sulfonamides is 1. The van der Waals surface area contributed by atoms with Gasteiger partial charge < -0.3 is 9.26 Å². The summed E-state index contributed by atoms with van der Waals surface area (Å²) in [6.45, 7) is 6.47. The molecule has 0 saturated carbocycles. The van der Waals surface area contributed by atoms with Crippen LogP contribution in [0.5, 0.6) is 5.75 Å². The van der Waals surface area contributed by atoms with Gasteiger partial charge in [-0.3, -0.25) is 10.2 Å². The van der Waals surface area contributed by atoms with Crippen molar-refractivity contribution in [3.05, 3.63) is 40.8 Å². The first-order valence-electron chi connectivity index (χ1n) is 7.13. The third-order valence-corrected chi connectivity index (χ3v) is 4.62. The van der Waals surface area contributed by atoms with Crippen LogP contribution in [0.15, 0.2) is 27.6 Å². The molecule has 0 saturated heterocycles. The zero-order chi connectivity index (χ0) is 17.9. The molecule has 24 heavy (non-hydrogen) atoms. The molecule has 1 amide bonds. The van der Waals surface area contributed by atoms with Crippen molar-refractivity contribution in [2.45, 2.75) is 32.6 Å². The molecule has 0 aliphatic rings. The van der Waals surface area contributed by atoms with E-state index in [1.807, 2.05) is 24.7 Å². The molecular formula is C15H19N3O5S. The van der Waals surface area contributed by atoms with Crippen LogP contribution in [0.4, 0.5) is 0 Å². The van der Waals surface area contributed by atoms with Crippen molar-refractivity contribution < 1.29 is 22.5 Å². The largest absolute Gasteiger partial charge is 0.484 e. The fraction of sp³-hybridized carbons (Fsp3) is 0.333. The van der Waals surface area contributed by atoms with E-state index in [1.54, 1.807) is 12.1 Å². The highest BCUT2D eigenvalue weighted by atomic mass is 32.2. The van der Waals surface area contributed by atoms with E-state index in [1.165, 1.54) is 13.8 Å². The van der Waals surface area contributed by atoms with Gasteiger partial charge in [0.15, 0.2) is 12.4 Å². The van der Waals surface area contributed by atoms with Crippen LogP contribution in [-0.2, 0) is 14.8 Å². The van der Waals surface area contributed by atoms with Crippen molar-refractivity contribution in [3.8, 4) is 5.75 Å². The molecular weight excluding hydrogens is 334 g/mol. The summed E-state index contributed by atoms with van der Waals surface area (Å²) in [6.07, 6.45) is 0. The van der Waals surface area contributed by atoms with Gasteiger partial charge in [-0.25, -0.2) is 8.42 Å². The highest BCUT2D eigenvalue weighted by Crippen LogP contribution is 2.18. The number of aryl methyl sites for hydroxylation is 4. The van der Waals surface area contributed by atoms with Crippen molar-refractivity contribution in [2.75, 3.05) is 6.61 Å². The lowest BCUT2D eigenvalue weighted by atomic mass is 10.1. The Hall–Kier alpha value is -2.39. The van der Waals surface area contributed by atoms with Crippen LogP contribution < -0.4 is 15.0 Å². The van der Waals surface area contributed by atoms with Gasteiger partial charge in [-0.15, -0.1) is 4.83 Å². The number of amides is 1. The zero-order valence-corrected chi connectivity index (χ0v) is 14.7. The first-order chi connectivity index (χ1) is 11.2. The summed E-state index contributed by atoms with van der Waals surface area (Å²) in [4.78, 5) is 13.7. The molecule has 1 heterocycles. The summed E-state index contributed by atoms with van der Waals surface area (Å²) in [5.41, 5.74) is 4.31. The molecule has 0 aliphatic heterocycles. The van der Waals surface area contributed by atoms with Crippen LogP contribution in [0.2, 0.25) is 0 Å². The van der Waals surface area contributed by atoms with E-state index >= 15 is 0 Å². The number of benzene rings is 1. The maximum atomic E-state index is 12.1. The highest BCUT2D eigenvalue weighted by molar-refractivity contribution is 7.89. The van der Waals surface area contributed by atoms with Crippen molar-refractivity contribution >= 4 is 15.9 Å². The molecule has 2 N–H and O–H groups in total. The third-order valence-electron chi connectivity index (χ3n) is 3.13. The van der Waals surface area contributed by atoms with Gasteiger partial charge in [0.25, 0.3) is 15.9 Å². The molecule has 9 heteroatoms. The summed E-state index contributed by atoms with van der Waals surface area (Å²) in [5.74, 6) is 0.0430. The summed E-state index contributed by atoms with van der Waals surface area (Å²) in [5, 5.41) is 3.57. The van der Waals surface area contributed by atoms with Crippen LogP contribution >= 0.6 is 0 Å². The average Bonchev–Trinajstić information content (AvgIpc) is 2.82. The lowest BCUT2D eigenvalue weighted by Crippen LogP contribution is -2.44. The molecule has 1 aromatic carbocycles. The molecule has 0 bridgehead atoms. The summed E-state index contributed by atoms with van der Waals surface area (Å²) in [7, 11) is -3.96. The van der Waals surface area contributed by atoms with Crippen LogP contribution in [0.1, 0.15) is 22.6 Å². The minimum absolute atomic E-state index is 0.0990. The monoisotopic (exact) mass is 353 g/mol. The number of hydrogen-bond acceptors (Lipinski definition) is 6. The number of rotatable bonds is 6. The lowest BCUT2D eigenvalue weighted by Gasteiger charge is -2.10. The van der Waals surface area contributed by atoms with Crippen molar-refractivity contribution in [1.82, 2.24) is 15.4 Å². The lowest BCUT2D eigenvalue weighted by molar-refractivity contribution is -0.123. The Morgan fingerprint density at radius 2 is 1.79 bits per heavy atom. The Labute approximate surface area is 140 Å². The number of carbonyl (C=O) groups is 1. The number of hydrazine groups is 1. The Balaban J connectivity index is 1.93. The van der Waals surface area contributed by atoms with Gasteiger partial charge >= 0.3 is 0 Å². The quantitative estimate of drug-likeness (QED) is 0.757. The molecule has 1 aromatic heterocycles. The first kappa shape index (κ1) is 18.0. The molecule has 2 rings (SSSR count). The van der Waals surface area contributed by atoms with Crippen LogP contribution in [0.3, 0.4) is 0 Å². The third kappa shape index (κ3) is 4.33. The minimum Gasteiger partial charge on any atom is -0.484 e. The van der Waals surface area contributed by atoms with E-state index in [9.17, 15) is 13.2 Å². The molecule has 0 unspecified atom stereocenters. The van der Waals surface area contributed by atoms with Crippen molar-refractivity contribution in [3.63, 3.8) is 0 Å². The second-order valence-corrected chi connectivity index (χ2v) is 7.04. The molecule has 8 nitrogen and oxygen atoms in total. The molecule has 0 spiro atoms. The van der Waals surface area contributed by atoms with Gasteiger partial charge in [-0.05, 0) is 51.0 Å². The van der Waals surface area contributed by atoms with Gasteiger partial charge in [0.1, 0.15) is 16.3 Å². The first-order valence-corrected chi connectivity index (χ1v) is 8.62. The summed E-state index contributed by atoms with van der Waals surface area (Å²) in [6, 6.07) is 5.55. The van der Waals surface area contributed by atoms with E-state index in [4.69, 9.17) is 9.26 Å². The van der Waals surface area contributed by atoms with Gasteiger partial charge in [0.05, 0.1) is 0 Å². The summed E-state index contributed by atoms with van der Waals surface area (Å²) >= 11 is 0.